The van der Waals surface area contributed by atoms with Crippen LogP contribution in [0.15, 0.2) is 4.90 Å². The zero-order valence-electron chi connectivity index (χ0n) is 12.7. The van der Waals surface area contributed by atoms with Gasteiger partial charge in [0.2, 0.25) is 10.0 Å². The van der Waals surface area contributed by atoms with Crippen molar-refractivity contribution in [3.63, 3.8) is 0 Å². The van der Waals surface area contributed by atoms with Gasteiger partial charge in [-0.2, -0.15) is 9.40 Å². The van der Waals surface area contributed by atoms with Gasteiger partial charge in [-0.25, -0.2) is 8.42 Å². The molecule has 1 aliphatic carbocycles. The molecule has 0 amide bonds. The van der Waals surface area contributed by atoms with Crippen molar-refractivity contribution in [3.8, 4) is 0 Å². The quantitative estimate of drug-likeness (QED) is 0.881. The van der Waals surface area contributed by atoms with Crippen molar-refractivity contribution in [2.75, 3.05) is 13.6 Å². The molecule has 0 spiro atoms. The number of hydrogen-bond donors (Lipinski definition) is 2. The van der Waals surface area contributed by atoms with Crippen molar-refractivity contribution in [2.24, 2.45) is 5.92 Å². The molecule has 0 radical (unpaired) electrons. The van der Waals surface area contributed by atoms with E-state index in [2.05, 4.69) is 15.5 Å². The standard InChI is InChI=1S/C14H24N4O2S/c1-10-14(12(9-15-2)17-16-10)21(19,20)18-8-4-6-11-5-3-7-13(11)18/h11,13,15H,3-9H2,1-2H3,(H,16,17). The molecule has 1 aromatic rings. The van der Waals surface area contributed by atoms with E-state index in [0.29, 0.717) is 35.3 Å². The van der Waals surface area contributed by atoms with Crippen LogP contribution < -0.4 is 5.32 Å². The molecule has 0 bridgehead atoms. The number of aryl methyl sites for hydroxylation is 1. The predicted molar refractivity (Wildman–Crippen MR) is 80.3 cm³/mol. The Morgan fingerprint density at radius 1 is 1.33 bits per heavy atom. The molecule has 1 saturated heterocycles. The highest BCUT2D eigenvalue weighted by atomic mass is 32.2. The fourth-order valence-electron chi connectivity index (χ4n) is 3.92. The lowest BCUT2D eigenvalue weighted by Crippen LogP contribution is -2.46. The SMILES string of the molecule is CNCc1n[nH]c(C)c1S(=O)(=O)N1CCCC2CCCC21. The lowest BCUT2D eigenvalue weighted by atomic mass is 9.94. The number of hydrogen-bond acceptors (Lipinski definition) is 4. The first-order valence-corrected chi connectivity index (χ1v) is 9.20. The summed E-state index contributed by atoms with van der Waals surface area (Å²) in [6.45, 7) is 2.89. The topological polar surface area (TPSA) is 78.1 Å². The third-order valence-corrected chi connectivity index (χ3v) is 6.94. The first kappa shape index (κ1) is 15.0. The summed E-state index contributed by atoms with van der Waals surface area (Å²) in [5, 5.41) is 9.98. The molecule has 2 fully saturated rings. The van der Waals surface area contributed by atoms with Crippen molar-refractivity contribution in [1.82, 2.24) is 19.8 Å². The largest absolute Gasteiger partial charge is 0.314 e. The number of piperidine rings is 1. The van der Waals surface area contributed by atoms with Crippen LogP contribution in [0.2, 0.25) is 0 Å². The van der Waals surface area contributed by atoms with Crippen molar-refractivity contribution in [2.45, 2.75) is 56.5 Å². The minimum atomic E-state index is -3.46. The van der Waals surface area contributed by atoms with E-state index in [1.807, 2.05) is 0 Å². The van der Waals surface area contributed by atoms with Gasteiger partial charge < -0.3 is 5.32 Å². The summed E-state index contributed by atoms with van der Waals surface area (Å²) in [5.41, 5.74) is 1.23. The summed E-state index contributed by atoms with van der Waals surface area (Å²) in [6, 6.07) is 0.195. The second-order valence-electron chi connectivity index (χ2n) is 6.17. The van der Waals surface area contributed by atoms with Crippen LogP contribution >= 0.6 is 0 Å². The van der Waals surface area contributed by atoms with Gasteiger partial charge in [-0.05, 0) is 45.6 Å². The van der Waals surface area contributed by atoms with Gasteiger partial charge in [0.1, 0.15) is 4.90 Å². The third-order valence-electron chi connectivity index (χ3n) is 4.81. The van der Waals surface area contributed by atoms with Crippen LogP contribution in [0, 0.1) is 12.8 Å². The Morgan fingerprint density at radius 3 is 2.86 bits per heavy atom. The fraction of sp³-hybridized carbons (Fsp3) is 0.786. The highest BCUT2D eigenvalue weighted by Gasteiger charge is 2.42. The second kappa shape index (κ2) is 5.70. The number of fused-ring (bicyclic) bond motifs is 1. The van der Waals surface area contributed by atoms with E-state index in [9.17, 15) is 8.42 Å². The van der Waals surface area contributed by atoms with Crippen LogP contribution in [0.1, 0.15) is 43.5 Å². The lowest BCUT2D eigenvalue weighted by molar-refractivity contribution is 0.202. The zero-order valence-corrected chi connectivity index (χ0v) is 13.5. The maximum Gasteiger partial charge on any atom is 0.247 e. The van der Waals surface area contributed by atoms with Crippen LogP contribution in [0.3, 0.4) is 0 Å². The van der Waals surface area contributed by atoms with E-state index >= 15 is 0 Å². The molecule has 1 aromatic heterocycles. The Bertz CT molecular complexity index is 610. The van der Waals surface area contributed by atoms with Crippen LogP contribution in [-0.2, 0) is 16.6 Å². The minimum Gasteiger partial charge on any atom is -0.314 e. The average Bonchev–Trinajstić information content (AvgIpc) is 3.05. The number of nitrogens with one attached hydrogen (secondary N) is 2. The average molecular weight is 312 g/mol. The Morgan fingerprint density at radius 2 is 2.10 bits per heavy atom. The van der Waals surface area contributed by atoms with Crippen LogP contribution in [0.4, 0.5) is 0 Å². The van der Waals surface area contributed by atoms with Crippen molar-refractivity contribution in [3.05, 3.63) is 11.4 Å². The molecule has 6 nitrogen and oxygen atoms in total. The van der Waals surface area contributed by atoms with Crippen molar-refractivity contribution in [1.29, 1.82) is 0 Å². The molecule has 2 aliphatic rings. The number of sulfonamides is 1. The monoisotopic (exact) mass is 312 g/mol. The zero-order chi connectivity index (χ0) is 15.0. The number of aromatic nitrogens is 2. The smallest absolute Gasteiger partial charge is 0.247 e. The molecule has 118 valence electrons. The van der Waals surface area contributed by atoms with E-state index < -0.39 is 10.0 Å². The Kier molecular flexibility index (Phi) is 4.07. The molecule has 3 rings (SSSR count). The Balaban J connectivity index is 1.98. The molecule has 0 aromatic carbocycles. The summed E-state index contributed by atoms with van der Waals surface area (Å²) in [5.74, 6) is 0.550. The molecular formula is C14H24N4O2S. The third kappa shape index (κ3) is 2.51. The molecule has 7 heteroatoms. The second-order valence-corrected chi connectivity index (χ2v) is 8.00. The highest BCUT2D eigenvalue weighted by molar-refractivity contribution is 7.89. The van der Waals surface area contributed by atoms with Gasteiger partial charge >= 0.3 is 0 Å². The van der Waals surface area contributed by atoms with Gasteiger partial charge in [0.25, 0.3) is 0 Å². The summed E-state index contributed by atoms with van der Waals surface area (Å²) < 4.78 is 28.0. The number of rotatable bonds is 4. The fourth-order valence-corrected chi connectivity index (χ4v) is 6.01. The Labute approximate surface area is 126 Å². The number of nitrogens with zero attached hydrogens (tertiary/aromatic N) is 2. The molecule has 1 aliphatic heterocycles. The van der Waals surface area contributed by atoms with E-state index in [-0.39, 0.29) is 6.04 Å². The first-order chi connectivity index (χ1) is 10.1. The van der Waals surface area contributed by atoms with Gasteiger partial charge in [0.05, 0.1) is 11.4 Å². The molecule has 1 saturated carbocycles. The van der Waals surface area contributed by atoms with E-state index in [1.165, 1.54) is 12.8 Å². The first-order valence-electron chi connectivity index (χ1n) is 7.76. The van der Waals surface area contributed by atoms with Gasteiger partial charge in [-0.1, -0.05) is 6.42 Å². The van der Waals surface area contributed by atoms with E-state index in [1.54, 1.807) is 18.3 Å². The van der Waals surface area contributed by atoms with E-state index in [0.717, 1.165) is 19.3 Å². The normalized spacial score (nSPS) is 27.0. The van der Waals surface area contributed by atoms with Crippen molar-refractivity contribution >= 4 is 10.0 Å². The summed E-state index contributed by atoms with van der Waals surface area (Å²) in [7, 11) is -1.66. The molecule has 2 heterocycles. The van der Waals surface area contributed by atoms with Gasteiger partial charge in [-0.3, -0.25) is 5.10 Å². The molecule has 2 unspecified atom stereocenters. The van der Waals surface area contributed by atoms with Gasteiger partial charge in [-0.15, -0.1) is 0 Å². The molecular weight excluding hydrogens is 288 g/mol. The van der Waals surface area contributed by atoms with E-state index in [4.69, 9.17) is 0 Å². The number of H-pyrrole nitrogens is 1. The predicted octanol–water partition coefficient (Wildman–Crippen LogP) is 1.39. The molecule has 2 N–H and O–H groups in total. The van der Waals surface area contributed by atoms with Crippen LogP contribution in [0.5, 0.6) is 0 Å². The maximum atomic E-state index is 13.1. The van der Waals surface area contributed by atoms with Crippen LogP contribution in [-0.4, -0.2) is 42.6 Å². The lowest BCUT2D eigenvalue weighted by Gasteiger charge is -2.36. The minimum absolute atomic E-state index is 0.195. The molecule has 21 heavy (non-hydrogen) atoms. The van der Waals surface area contributed by atoms with Gasteiger partial charge in [0, 0.05) is 19.1 Å². The molecule has 2 atom stereocenters. The van der Waals surface area contributed by atoms with Gasteiger partial charge in [0.15, 0.2) is 0 Å². The van der Waals surface area contributed by atoms with Crippen molar-refractivity contribution < 1.29 is 8.42 Å². The van der Waals surface area contributed by atoms with Crippen LogP contribution in [0.25, 0.3) is 0 Å². The summed E-state index contributed by atoms with van der Waals surface area (Å²) in [4.78, 5) is 0.379. The highest BCUT2D eigenvalue weighted by Crippen LogP contribution is 2.40. The summed E-state index contributed by atoms with van der Waals surface area (Å²) >= 11 is 0. The maximum absolute atomic E-state index is 13.1. The Hall–Kier alpha value is -0.920. The number of aromatic amines is 1. The summed E-state index contributed by atoms with van der Waals surface area (Å²) in [6.07, 6.45) is 5.46.